The van der Waals surface area contributed by atoms with E-state index in [1.165, 1.54) is 11.0 Å². The van der Waals surface area contributed by atoms with E-state index >= 15 is 0 Å². The molecule has 8 heteroatoms. The van der Waals surface area contributed by atoms with Crippen molar-refractivity contribution >= 4 is 5.97 Å². The second-order valence-corrected chi connectivity index (χ2v) is 4.70. The first kappa shape index (κ1) is 13.9. The maximum Gasteiger partial charge on any atom is 0.315 e. The van der Waals surface area contributed by atoms with Crippen LogP contribution in [0.3, 0.4) is 0 Å². The van der Waals surface area contributed by atoms with Gasteiger partial charge in [-0.25, -0.2) is 4.68 Å². The monoisotopic (exact) mass is 299 g/mol. The topological polar surface area (TPSA) is 95.9 Å². The molecule has 0 amide bonds. The Balaban J connectivity index is 1.67. The number of carbonyl (C=O) groups excluding carboxylic acids is 1. The highest BCUT2D eigenvalue weighted by Crippen LogP contribution is 2.17. The van der Waals surface area contributed by atoms with Gasteiger partial charge in [-0.3, -0.25) is 4.79 Å². The molecule has 22 heavy (non-hydrogen) atoms. The van der Waals surface area contributed by atoms with E-state index in [0.717, 1.165) is 11.3 Å². The molecule has 3 rings (SSSR count). The van der Waals surface area contributed by atoms with E-state index in [4.69, 9.17) is 9.26 Å². The van der Waals surface area contributed by atoms with Gasteiger partial charge in [-0.15, -0.1) is 5.10 Å². The second-order valence-electron chi connectivity index (χ2n) is 4.70. The lowest BCUT2D eigenvalue weighted by Crippen LogP contribution is -2.12. The first-order valence-corrected chi connectivity index (χ1v) is 6.59. The highest BCUT2D eigenvalue weighted by Gasteiger charge is 2.15. The van der Waals surface area contributed by atoms with E-state index in [-0.39, 0.29) is 12.4 Å². The Hall–Kier alpha value is -3.03. The van der Waals surface area contributed by atoms with Crippen LogP contribution in [-0.4, -0.2) is 31.3 Å². The lowest BCUT2D eigenvalue weighted by molar-refractivity contribution is -0.133. The van der Waals surface area contributed by atoms with Crippen LogP contribution >= 0.6 is 0 Å². The Bertz CT molecular complexity index is 758. The molecule has 112 valence electrons. The smallest absolute Gasteiger partial charge is 0.315 e. The SMILES string of the molecule is Cc1noc(C)c1CC(=O)Oc1ccc(-n2cnnn2)cc1. The molecule has 0 aliphatic heterocycles. The quantitative estimate of drug-likeness (QED) is 0.531. The zero-order valence-electron chi connectivity index (χ0n) is 12.1. The van der Waals surface area contributed by atoms with Gasteiger partial charge in [0, 0.05) is 5.56 Å². The van der Waals surface area contributed by atoms with Crippen LogP contribution < -0.4 is 4.74 Å². The van der Waals surface area contributed by atoms with Gasteiger partial charge >= 0.3 is 5.97 Å². The zero-order chi connectivity index (χ0) is 15.5. The van der Waals surface area contributed by atoms with Gasteiger partial charge in [-0.2, -0.15) is 0 Å². The van der Waals surface area contributed by atoms with Crippen molar-refractivity contribution in [2.24, 2.45) is 0 Å². The van der Waals surface area contributed by atoms with Crippen LogP contribution in [0.5, 0.6) is 5.75 Å². The standard InChI is InChI=1S/C14H13N5O3/c1-9-13(10(2)22-16-9)7-14(20)21-12-5-3-11(4-6-12)19-8-15-17-18-19/h3-6,8H,7H2,1-2H3. The molecule has 0 atom stereocenters. The largest absolute Gasteiger partial charge is 0.426 e. The van der Waals surface area contributed by atoms with Crippen molar-refractivity contribution in [2.75, 3.05) is 0 Å². The van der Waals surface area contributed by atoms with Crippen molar-refractivity contribution in [3.8, 4) is 11.4 Å². The first-order valence-electron chi connectivity index (χ1n) is 6.59. The molecule has 8 nitrogen and oxygen atoms in total. The number of tetrazole rings is 1. The van der Waals surface area contributed by atoms with Gasteiger partial charge in [0.2, 0.25) is 0 Å². The number of hydrogen-bond donors (Lipinski definition) is 0. The van der Waals surface area contributed by atoms with Crippen LogP contribution in [0.15, 0.2) is 35.1 Å². The highest BCUT2D eigenvalue weighted by atomic mass is 16.5. The normalized spacial score (nSPS) is 10.6. The van der Waals surface area contributed by atoms with Crippen molar-refractivity contribution in [2.45, 2.75) is 20.3 Å². The van der Waals surface area contributed by atoms with Crippen LogP contribution in [0.1, 0.15) is 17.0 Å². The number of aryl methyl sites for hydroxylation is 2. The molecule has 0 aliphatic rings. The Labute approximate surface area is 125 Å². The summed E-state index contributed by atoms with van der Waals surface area (Å²) in [5.74, 6) is 0.710. The third kappa shape index (κ3) is 2.85. The van der Waals surface area contributed by atoms with Crippen LogP contribution in [0.2, 0.25) is 0 Å². The number of nitrogens with zero attached hydrogens (tertiary/aromatic N) is 5. The van der Waals surface area contributed by atoms with E-state index in [1.807, 2.05) is 0 Å². The number of rotatable bonds is 4. The fourth-order valence-corrected chi connectivity index (χ4v) is 2.01. The molecule has 2 aromatic heterocycles. The predicted molar refractivity (Wildman–Crippen MR) is 74.5 cm³/mol. The molecule has 0 aliphatic carbocycles. The molecule has 0 N–H and O–H groups in total. The molecule has 0 fully saturated rings. The van der Waals surface area contributed by atoms with Gasteiger partial charge in [0.15, 0.2) is 0 Å². The van der Waals surface area contributed by atoms with Gasteiger partial charge in [0.05, 0.1) is 17.8 Å². The number of ether oxygens (including phenoxy) is 1. The van der Waals surface area contributed by atoms with E-state index in [2.05, 4.69) is 20.7 Å². The molecular weight excluding hydrogens is 286 g/mol. The number of aromatic nitrogens is 5. The minimum Gasteiger partial charge on any atom is -0.426 e. The number of carbonyl (C=O) groups is 1. The molecule has 0 saturated carbocycles. The van der Waals surface area contributed by atoms with Crippen molar-refractivity contribution < 1.29 is 14.1 Å². The van der Waals surface area contributed by atoms with E-state index in [0.29, 0.717) is 17.2 Å². The molecule has 0 unspecified atom stereocenters. The summed E-state index contributed by atoms with van der Waals surface area (Å²) in [7, 11) is 0. The molecular formula is C14H13N5O3. The molecule has 3 aromatic rings. The summed E-state index contributed by atoms with van der Waals surface area (Å²) in [6.45, 7) is 3.56. The molecule has 2 heterocycles. The fourth-order valence-electron chi connectivity index (χ4n) is 2.01. The molecule has 1 aromatic carbocycles. The maximum absolute atomic E-state index is 12.0. The minimum absolute atomic E-state index is 0.121. The van der Waals surface area contributed by atoms with E-state index in [1.54, 1.807) is 38.1 Å². The highest BCUT2D eigenvalue weighted by molar-refractivity contribution is 5.75. The first-order chi connectivity index (χ1) is 10.6. The van der Waals surface area contributed by atoms with E-state index in [9.17, 15) is 4.79 Å². The lowest BCUT2D eigenvalue weighted by Gasteiger charge is -2.05. The van der Waals surface area contributed by atoms with Crippen LogP contribution in [-0.2, 0) is 11.2 Å². The molecule has 0 radical (unpaired) electrons. The maximum atomic E-state index is 12.0. The summed E-state index contributed by atoms with van der Waals surface area (Å²) in [6.07, 6.45) is 1.61. The summed E-state index contributed by atoms with van der Waals surface area (Å²) in [5.41, 5.74) is 2.23. The zero-order valence-corrected chi connectivity index (χ0v) is 12.1. The van der Waals surface area contributed by atoms with Crippen molar-refractivity contribution in [3.05, 3.63) is 47.6 Å². The fraction of sp³-hybridized carbons (Fsp3) is 0.214. The summed E-state index contributed by atoms with van der Waals surface area (Å²) >= 11 is 0. The summed E-state index contributed by atoms with van der Waals surface area (Å²) in [6, 6.07) is 6.88. The van der Waals surface area contributed by atoms with Gasteiger partial charge in [-0.05, 0) is 48.5 Å². The Kier molecular flexibility index (Phi) is 3.65. The van der Waals surface area contributed by atoms with E-state index < -0.39 is 0 Å². The van der Waals surface area contributed by atoms with Gasteiger partial charge in [-0.1, -0.05) is 5.16 Å². The summed E-state index contributed by atoms with van der Waals surface area (Å²) < 4.78 is 11.8. The lowest BCUT2D eigenvalue weighted by atomic mass is 10.1. The Morgan fingerprint density at radius 2 is 2.05 bits per heavy atom. The van der Waals surface area contributed by atoms with Crippen molar-refractivity contribution in [3.63, 3.8) is 0 Å². The summed E-state index contributed by atoms with van der Waals surface area (Å²) in [5, 5.41) is 14.7. The summed E-state index contributed by atoms with van der Waals surface area (Å²) in [4.78, 5) is 12.0. The van der Waals surface area contributed by atoms with Crippen molar-refractivity contribution in [1.82, 2.24) is 25.4 Å². The van der Waals surface area contributed by atoms with Gasteiger partial charge in [0.25, 0.3) is 0 Å². The Morgan fingerprint density at radius 3 is 2.64 bits per heavy atom. The molecule has 0 spiro atoms. The van der Waals surface area contributed by atoms with Gasteiger partial charge < -0.3 is 9.26 Å². The second kappa shape index (κ2) is 5.76. The van der Waals surface area contributed by atoms with Gasteiger partial charge in [0.1, 0.15) is 17.8 Å². The molecule has 0 saturated heterocycles. The minimum atomic E-state index is -0.371. The molecule has 0 bridgehead atoms. The van der Waals surface area contributed by atoms with Crippen LogP contribution in [0, 0.1) is 13.8 Å². The Morgan fingerprint density at radius 1 is 1.27 bits per heavy atom. The number of benzene rings is 1. The van der Waals surface area contributed by atoms with Crippen molar-refractivity contribution in [1.29, 1.82) is 0 Å². The number of esters is 1. The van der Waals surface area contributed by atoms with Crippen LogP contribution in [0.25, 0.3) is 5.69 Å². The third-order valence-corrected chi connectivity index (χ3v) is 3.18. The van der Waals surface area contributed by atoms with Crippen LogP contribution in [0.4, 0.5) is 0 Å². The average Bonchev–Trinajstić information content (AvgIpc) is 3.14. The average molecular weight is 299 g/mol. The third-order valence-electron chi connectivity index (χ3n) is 3.18. The number of hydrogen-bond acceptors (Lipinski definition) is 7. The predicted octanol–water partition coefficient (Wildman–Crippen LogP) is 1.42.